The number of fused-ring (bicyclic) bond motifs is 2. The fourth-order valence-corrected chi connectivity index (χ4v) is 4.09. The first-order valence-corrected chi connectivity index (χ1v) is 9.96. The first-order chi connectivity index (χ1) is 15.0. The topological polar surface area (TPSA) is 72.6 Å². The van der Waals surface area contributed by atoms with Crippen LogP contribution in [0.15, 0.2) is 69.9 Å². The summed E-state index contributed by atoms with van der Waals surface area (Å²) in [4.78, 5) is 33.2. The van der Waals surface area contributed by atoms with E-state index in [4.69, 9.17) is 9.15 Å². The number of methoxy groups -OCH3 is 1. The highest BCUT2D eigenvalue weighted by atomic mass is 16.5. The summed E-state index contributed by atoms with van der Waals surface area (Å²) in [7, 11) is 1.59. The van der Waals surface area contributed by atoms with E-state index in [-0.39, 0.29) is 17.1 Å². The molecule has 1 aliphatic rings. The lowest BCUT2D eigenvalue weighted by Gasteiger charge is -2.24. The van der Waals surface area contributed by atoms with Crippen molar-refractivity contribution in [2.45, 2.75) is 19.9 Å². The van der Waals surface area contributed by atoms with Crippen molar-refractivity contribution < 1.29 is 13.9 Å². The van der Waals surface area contributed by atoms with Crippen molar-refractivity contribution in [3.8, 4) is 5.75 Å². The van der Waals surface area contributed by atoms with Gasteiger partial charge in [-0.1, -0.05) is 29.8 Å². The Bertz CT molecular complexity index is 1390. The van der Waals surface area contributed by atoms with E-state index < -0.39 is 6.04 Å². The molecule has 6 heteroatoms. The molecule has 0 radical (unpaired) electrons. The van der Waals surface area contributed by atoms with Crippen LogP contribution in [0.3, 0.4) is 0 Å². The van der Waals surface area contributed by atoms with Gasteiger partial charge in [0.1, 0.15) is 17.2 Å². The molecule has 4 aromatic rings. The van der Waals surface area contributed by atoms with Crippen LogP contribution in [0.25, 0.3) is 11.0 Å². The molecular formula is C25H20N2O4. The number of carbonyl (C=O) groups is 1. The van der Waals surface area contributed by atoms with Gasteiger partial charge in [0.05, 0.1) is 24.1 Å². The quantitative estimate of drug-likeness (QED) is 0.493. The molecule has 0 bridgehead atoms. The predicted molar refractivity (Wildman–Crippen MR) is 118 cm³/mol. The largest absolute Gasteiger partial charge is 0.497 e. The molecule has 0 N–H and O–H groups in total. The van der Waals surface area contributed by atoms with Gasteiger partial charge in [-0.25, -0.2) is 4.98 Å². The number of nitrogens with zero attached hydrogens (tertiary/aromatic N) is 2. The lowest BCUT2D eigenvalue weighted by atomic mass is 9.98. The van der Waals surface area contributed by atoms with E-state index in [1.807, 2.05) is 56.3 Å². The summed E-state index contributed by atoms with van der Waals surface area (Å²) in [5.74, 6) is 0.838. The van der Waals surface area contributed by atoms with E-state index in [1.165, 1.54) is 4.90 Å². The van der Waals surface area contributed by atoms with E-state index in [9.17, 15) is 9.59 Å². The first kappa shape index (κ1) is 19.1. The van der Waals surface area contributed by atoms with Gasteiger partial charge in [0.15, 0.2) is 5.43 Å². The van der Waals surface area contributed by atoms with Crippen LogP contribution in [-0.4, -0.2) is 18.0 Å². The number of carbonyl (C=O) groups excluding carboxylic acids is 1. The van der Waals surface area contributed by atoms with Gasteiger partial charge in [-0.3, -0.25) is 14.5 Å². The lowest BCUT2D eigenvalue weighted by molar-refractivity contribution is 0.0970. The van der Waals surface area contributed by atoms with Crippen LogP contribution in [0.4, 0.5) is 5.82 Å². The number of aromatic nitrogens is 1. The summed E-state index contributed by atoms with van der Waals surface area (Å²) in [5, 5.41) is 0.462. The van der Waals surface area contributed by atoms with Crippen LogP contribution in [0.1, 0.15) is 39.0 Å². The van der Waals surface area contributed by atoms with Gasteiger partial charge in [-0.2, -0.15) is 0 Å². The standard InChI is InChI=1S/C25H20N2O4/c1-14-7-12-19-18(13-14)23(28)21-22(16-8-10-17(30-3)11-9-16)27(25(29)24(21)31-19)20-6-4-5-15(2)26-20/h4-13,22H,1-3H3. The minimum Gasteiger partial charge on any atom is -0.497 e. The Labute approximate surface area is 178 Å². The second-order valence-electron chi connectivity index (χ2n) is 7.66. The number of aryl methyl sites for hydroxylation is 2. The molecule has 0 saturated heterocycles. The molecular weight excluding hydrogens is 392 g/mol. The minimum absolute atomic E-state index is 0.0606. The number of amides is 1. The highest BCUT2D eigenvalue weighted by molar-refractivity contribution is 6.10. The third-order valence-electron chi connectivity index (χ3n) is 5.58. The van der Waals surface area contributed by atoms with E-state index >= 15 is 0 Å². The van der Waals surface area contributed by atoms with Crippen molar-refractivity contribution in [3.63, 3.8) is 0 Å². The van der Waals surface area contributed by atoms with E-state index in [0.717, 1.165) is 16.8 Å². The minimum atomic E-state index is -0.649. The number of hydrogen-bond acceptors (Lipinski definition) is 5. The maximum absolute atomic E-state index is 13.6. The number of hydrogen-bond donors (Lipinski definition) is 0. The zero-order valence-electron chi connectivity index (χ0n) is 17.4. The van der Waals surface area contributed by atoms with Gasteiger partial charge < -0.3 is 9.15 Å². The molecule has 0 aliphatic carbocycles. The smallest absolute Gasteiger partial charge is 0.296 e. The molecule has 2 aromatic carbocycles. The van der Waals surface area contributed by atoms with Crippen molar-refractivity contribution >= 4 is 22.7 Å². The van der Waals surface area contributed by atoms with Gasteiger partial charge in [0.25, 0.3) is 5.91 Å². The Morgan fingerprint density at radius 2 is 1.77 bits per heavy atom. The second-order valence-corrected chi connectivity index (χ2v) is 7.66. The summed E-state index contributed by atoms with van der Waals surface area (Å²) < 4.78 is 11.3. The Morgan fingerprint density at radius 3 is 2.48 bits per heavy atom. The molecule has 31 heavy (non-hydrogen) atoms. The molecule has 0 fully saturated rings. The van der Waals surface area contributed by atoms with Crippen LogP contribution in [-0.2, 0) is 0 Å². The van der Waals surface area contributed by atoms with E-state index in [0.29, 0.717) is 28.1 Å². The Balaban J connectivity index is 1.80. The molecule has 1 aliphatic heterocycles. The molecule has 6 nitrogen and oxygen atoms in total. The summed E-state index contributed by atoms with van der Waals surface area (Å²) in [6.45, 7) is 3.78. The van der Waals surface area contributed by atoms with Crippen molar-refractivity contribution in [2.24, 2.45) is 0 Å². The van der Waals surface area contributed by atoms with Gasteiger partial charge in [-0.15, -0.1) is 0 Å². The summed E-state index contributed by atoms with van der Waals surface area (Å²) in [6.07, 6.45) is 0. The number of rotatable bonds is 3. The van der Waals surface area contributed by atoms with Gasteiger partial charge in [-0.05, 0) is 55.8 Å². The third-order valence-corrected chi connectivity index (χ3v) is 5.58. The Hall–Kier alpha value is -3.93. The summed E-state index contributed by atoms with van der Waals surface area (Å²) in [6, 6.07) is 17.5. The van der Waals surface area contributed by atoms with Crippen LogP contribution in [0.5, 0.6) is 5.75 Å². The maximum atomic E-state index is 13.6. The highest BCUT2D eigenvalue weighted by Crippen LogP contribution is 2.41. The molecule has 0 saturated carbocycles. The molecule has 3 heterocycles. The van der Waals surface area contributed by atoms with Crippen molar-refractivity contribution in [2.75, 3.05) is 12.0 Å². The molecule has 2 aromatic heterocycles. The molecule has 0 spiro atoms. The average Bonchev–Trinajstić information content (AvgIpc) is 3.07. The number of ether oxygens (including phenoxy) is 1. The van der Waals surface area contributed by atoms with Crippen LogP contribution < -0.4 is 15.1 Å². The monoisotopic (exact) mass is 412 g/mol. The Kier molecular flexibility index (Phi) is 4.36. The van der Waals surface area contributed by atoms with Crippen molar-refractivity contribution in [1.82, 2.24) is 4.98 Å². The zero-order chi connectivity index (χ0) is 21.7. The zero-order valence-corrected chi connectivity index (χ0v) is 17.4. The van der Waals surface area contributed by atoms with Crippen molar-refractivity contribution in [1.29, 1.82) is 0 Å². The normalized spacial score (nSPS) is 15.4. The van der Waals surface area contributed by atoms with Crippen LogP contribution in [0, 0.1) is 13.8 Å². The third kappa shape index (κ3) is 2.99. The molecule has 154 valence electrons. The second kappa shape index (κ2) is 7.09. The predicted octanol–water partition coefficient (Wildman–Crippen LogP) is 4.56. The molecule has 1 unspecified atom stereocenters. The molecule has 1 atom stereocenters. The number of anilines is 1. The van der Waals surface area contributed by atoms with Gasteiger partial charge in [0.2, 0.25) is 5.76 Å². The first-order valence-electron chi connectivity index (χ1n) is 9.96. The summed E-state index contributed by atoms with van der Waals surface area (Å²) in [5.41, 5.74) is 3.02. The maximum Gasteiger partial charge on any atom is 0.296 e. The SMILES string of the molecule is COc1ccc(C2c3c(oc4ccc(C)cc4c3=O)C(=O)N2c2cccc(C)n2)cc1. The lowest BCUT2D eigenvalue weighted by Crippen LogP contribution is -2.30. The Morgan fingerprint density at radius 1 is 1.00 bits per heavy atom. The fraction of sp³-hybridized carbons (Fsp3) is 0.160. The van der Waals surface area contributed by atoms with Crippen LogP contribution in [0.2, 0.25) is 0 Å². The van der Waals surface area contributed by atoms with Crippen molar-refractivity contribution in [3.05, 3.63) is 99.0 Å². The van der Waals surface area contributed by atoms with Gasteiger partial charge in [0, 0.05) is 5.69 Å². The number of pyridine rings is 1. The van der Waals surface area contributed by atoms with Gasteiger partial charge >= 0.3 is 0 Å². The summed E-state index contributed by atoms with van der Waals surface area (Å²) >= 11 is 0. The average molecular weight is 412 g/mol. The van der Waals surface area contributed by atoms with E-state index in [2.05, 4.69) is 4.98 Å². The highest BCUT2D eigenvalue weighted by Gasteiger charge is 2.44. The molecule has 1 amide bonds. The van der Waals surface area contributed by atoms with Crippen LogP contribution >= 0.6 is 0 Å². The molecule has 5 rings (SSSR count). The number of benzene rings is 2. The van der Waals surface area contributed by atoms with E-state index in [1.54, 1.807) is 25.3 Å². The fourth-order valence-electron chi connectivity index (χ4n) is 4.09.